The van der Waals surface area contributed by atoms with Gasteiger partial charge in [-0.25, -0.2) is 0 Å². The maximum Gasteiger partial charge on any atom is 0.221 e. The van der Waals surface area contributed by atoms with E-state index in [-0.39, 0.29) is 37.4 Å². The predicted octanol–water partition coefficient (Wildman–Crippen LogP) is 3.14. The number of benzene rings is 2. The highest BCUT2D eigenvalue weighted by molar-refractivity contribution is 5.88. The second kappa shape index (κ2) is 10.6. The first-order chi connectivity index (χ1) is 15.6. The summed E-state index contributed by atoms with van der Waals surface area (Å²) in [7, 11) is 0. The van der Waals surface area contributed by atoms with Gasteiger partial charge in [0.1, 0.15) is 0 Å². The van der Waals surface area contributed by atoms with E-state index in [4.69, 9.17) is 9.47 Å². The Balaban J connectivity index is 1.53. The van der Waals surface area contributed by atoms with E-state index in [9.17, 15) is 15.0 Å². The van der Waals surface area contributed by atoms with Crippen molar-refractivity contribution in [1.29, 1.82) is 0 Å². The molecule has 2 fully saturated rings. The molecule has 7 nitrogen and oxygen atoms in total. The van der Waals surface area contributed by atoms with Crippen LogP contribution in [0.1, 0.15) is 55.3 Å². The molecule has 2 aliphatic heterocycles. The molecule has 4 rings (SSSR count). The van der Waals surface area contributed by atoms with Gasteiger partial charge in [0.25, 0.3) is 0 Å². The van der Waals surface area contributed by atoms with Gasteiger partial charge in [-0.3, -0.25) is 9.69 Å². The van der Waals surface area contributed by atoms with Crippen molar-refractivity contribution < 1.29 is 24.5 Å². The monoisotopic (exact) mass is 440 g/mol. The molecule has 4 atom stereocenters. The Kier molecular flexibility index (Phi) is 7.55. The Morgan fingerprint density at radius 2 is 1.78 bits per heavy atom. The minimum absolute atomic E-state index is 0.0122. The van der Waals surface area contributed by atoms with Crippen LogP contribution in [0.5, 0.6) is 0 Å². The predicted molar refractivity (Wildman–Crippen MR) is 121 cm³/mol. The third-order valence-electron chi connectivity index (χ3n) is 6.27. The summed E-state index contributed by atoms with van der Waals surface area (Å²) in [5.74, 6) is -0.113. The number of likely N-dealkylation sites (tertiary alicyclic amines) is 1. The molecule has 2 aliphatic rings. The molecule has 0 spiro atoms. The summed E-state index contributed by atoms with van der Waals surface area (Å²) in [6.07, 6.45) is 2.11. The lowest BCUT2D eigenvalue weighted by Gasteiger charge is -2.38. The van der Waals surface area contributed by atoms with Gasteiger partial charge in [0.05, 0.1) is 25.4 Å². The van der Waals surface area contributed by atoms with Gasteiger partial charge in [-0.2, -0.15) is 0 Å². The summed E-state index contributed by atoms with van der Waals surface area (Å²) in [5.41, 5.74) is 3.54. The number of aliphatic hydroxyl groups is 2. The number of hydrogen-bond acceptors (Lipinski definition) is 6. The second-order valence-corrected chi connectivity index (χ2v) is 8.63. The van der Waals surface area contributed by atoms with Crippen molar-refractivity contribution >= 4 is 11.6 Å². The number of rotatable bonds is 7. The number of anilines is 1. The summed E-state index contributed by atoms with van der Waals surface area (Å²) in [4.78, 5) is 13.6. The van der Waals surface area contributed by atoms with E-state index >= 15 is 0 Å². The average Bonchev–Trinajstić information content (AvgIpc) is 3.26. The Labute approximate surface area is 189 Å². The van der Waals surface area contributed by atoms with Crippen LogP contribution in [0.3, 0.4) is 0 Å². The molecule has 2 aromatic carbocycles. The van der Waals surface area contributed by atoms with E-state index in [0.717, 1.165) is 48.3 Å². The van der Waals surface area contributed by atoms with E-state index in [1.165, 1.54) is 6.92 Å². The summed E-state index contributed by atoms with van der Waals surface area (Å²) < 4.78 is 12.7. The van der Waals surface area contributed by atoms with Gasteiger partial charge >= 0.3 is 0 Å². The molecule has 4 unspecified atom stereocenters. The van der Waals surface area contributed by atoms with E-state index in [1.54, 1.807) is 0 Å². The van der Waals surface area contributed by atoms with Crippen LogP contribution >= 0.6 is 0 Å². The van der Waals surface area contributed by atoms with E-state index in [2.05, 4.69) is 10.2 Å². The molecule has 0 aliphatic carbocycles. The summed E-state index contributed by atoms with van der Waals surface area (Å²) >= 11 is 0. The van der Waals surface area contributed by atoms with Crippen molar-refractivity contribution in [2.24, 2.45) is 0 Å². The molecule has 2 aromatic rings. The van der Waals surface area contributed by atoms with E-state index in [1.807, 2.05) is 48.5 Å². The molecule has 7 heteroatoms. The largest absolute Gasteiger partial charge is 0.395 e. The number of aliphatic hydroxyl groups excluding tert-OH is 2. The van der Waals surface area contributed by atoms with Crippen LogP contribution in [0.15, 0.2) is 48.5 Å². The molecule has 2 saturated heterocycles. The molecule has 0 aromatic heterocycles. The fourth-order valence-corrected chi connectivity index (χ4v) is 4.56. The van der Waals surface area contributed by atoms with Crippen molar-refractivity contribution in [2.75, 3.05) is 25.0 Å². The lowest BCUT2D eigenvalue weighted by atomic mass is 9.99. The summed E-state index contributed by atoms with van der Waals surface area (Å²) in [5, 5.41) is 21.8. The summed E-state index contributed by atoms with van der Waals surface area (Å²) in [6, 6.07) is 15.6. The third-order valence-corrected chi connectivity index (χ3v) is 6.27. The van der Waals surface area contributed by atoms with Crippen LogP contribution in [0, 0.1) is 0 Å². The highest BCUT2D eigenvalue weighted by Gasteiger charge is 2.35. The van der Waals surface area contributed by atoms with Crippen LogP contribution in [0.4, 0.5) is 5.69 Å². The van der Waals surface area contributed by atoms with Gasteiger partial charge in [0.2, 0.25) is 5.91 Å². The first-order valence-corrected chi connectivity index (χ1v) is 11.3. The molecular weight excluding hydrogens is 408 g/mol. The number of amides is 1. The zero-order chi connectivity index (χ0) is 22.5. The molecule has 32 heavy (non-hydrogen) atoms. The normalized spacial score (nSPS) is 26.2. The smallest absolute Gasteiger partial charge is 0.221 e. The maximum absolute atomic E-state index is 11.3. The zero-order valence-corrected chi connectivity index (χ0v) is 18.4. The Bertz CT molecular complexity index is 886. The van der Waals surface area contributed by atoms with E-state index in [0.29, 0.717) is 6.42 Å². The zero-order valence-electron chi connectivity index (χ0n) is 18.4. The fraction of sp³-hybridized carbons (Fsp3) is 0.480. The lowest BCUT2D eigenvalue weighted by Crippen LogP contribution is -2.42. The highest BCUT2D eigenvalue weighted by Crippen LogP contribution is 2.38. The van der Waals surface area contributed by atoms with Crippen molar-refractivity contribution in [2.45, 2.75) is 57.3 Å². The molecule has 1 amide bonds. The van der Waals surface area contributed by atoms with Gasteiger partial charge in [0, 0.05) is 37.2 Å². The van der Waals surface area contributed by atoms with Crippen molar-refractivity contribution in [3.8, 4) is 0 Å². The van der Waals surface area contributed by atoms with Crippen LogP contribution < -0.4 is 5.32 Å². The SMILES string of the molecule is CC(=O)Nc1ccc(C2OC(CN3CCCC3CO)CC(c3ccc(CO)cc3)O2)cc1. The van der Waals surface area contributed by atoms with Crippen LogP contribution in [-0.2, 0) is 20.9 Å². The third kappa shape index (κ3) is 5.54. The highest BCUT2D eigenvalue weighted by atomic mass is 16.7. The standard InChI is InChI=1S/C25H32N2O5/c1-17(30)26-21-10-8-20(9-11-21)25-31-23(14-27-12-2-3-22(27)16-29)13-24(32-25)19-6-4-18(15-28)5-7-19/h4-11,22-25,28-29H,2-3,12-16H2,1H3,(H,26,30). The number of nitrogens with zero attached hydrogens (tertiary/aromatic N) is 1. The first kappa shape index (κ1) is 22.9. The lowest BCUT2D eigenvalue weighted by molar-refractivity contribution is -0.253. The van der Waals surface area contributed by atoms with Gasteiger partial charge in [-0.1, -0.05) is 36.4 Å². The molecule has 3 N–H and O–H groups in total. The number of ether oxygens (including phenoxy) is 2. The van der Waals surface area contributed by atoms with E-state index < -0.39 is 6.29 Å². The van der Waals surface area contributed by atoms with Crippen molar-refractivity contribution in [1.82, 2.24) is 4.90 Å². The van der Waals surface area contributed by atoms with Gasteiger partial charge in [0.15, 0.2) is 6.29 Å². The van der Waals surface area contributed by atoms with Crippen LogP contribution in [-0.4, -0.2) is 52.9 Å². The number of nitrogens with one attached hydrogen (secondary N) is 1. The average molecular weight is 441 g/mol. The molecular formula is C25H32N2O5. The minimum atomic E-state index is -0.530. The number of carbonyl (C=O) groups excluding carboxylic acids is 1. The first-order valence-electron chi connectivity index (χ1n) is 11.3. The van der Waals surface area contributed by atoms with Crippen molar-refractivity contribution in [3.05, 3.63) is 65.2 Å². The molecule has 172 valence electrons. The van der Waals surface area contributed by atoms with Crippen LogP contribution in [0.2, 0.25) is 0 Å². The Morgan fingerprint density at radius 3 is 2.44 bits per heavy atom. The number of hydrogen-bond donors (Lipinski definition) is 3. The summed E-state index contributed by atoms with van der Waals surface area (Å²) in [6.45, 7) is 3.39. The Morgan fingerprint density at radius 1 is 1.06 bits per heavy atom. The van der Waals surface area contributed by atoms with Crippen molar-refractivity contribution in [3.63, 3.8) is 0 Å². The number of carbonyl (C=O) groups is 1. The molecule has 0 saturated carbocycles. The van der Waals surface area contributed by atoms with Crippen LogP contribution in [0.25, 0.3) is 0 Å². The minimum Gasteiger partial charge on any atom is -0.395 e. The quantitative estimate of drug-likeness (QED) is 0.613. The topological polar surface area (TPSA) is 91.3 Å². The van der Waals surface area contributed by atoms with Gasteiger partial charge in [-0.05, 0) is 42.6 Å². The molecule has 0 bridgehead atoms. The maximum atomic E-state index is 11.3. The molecule has 2 heterocycles. The van der Waals surface area contributed by atoms with Gasteiger partial charge in [-0.15, -0.1) is 0 Å². The Hall–Kier alpha value is -2.29. The van der Waals surface area contributed by atoms with Gasteiger partial charge < -0.3 is 25.0 Å². The fourth-order valence-electron chi connectivity index (χ4n) is 4.56. The second-order valence-electron chi connectivity index (χ2n) is 8.63. The molecule has 0 radical (unpaired) electrons.